The molecule has 0 aliphatic carbocycles. The molecule has 0 spiro atoms. The predicted molar refractivity (Wildman–Crippen MR) is 96.4 cm³/mol. The van der Waals surface area contributed by atoms with Gasteiger partial charge in [-0.1, -0.05) is 0 Å². The lowest BCUT2D eigenvalue weighted by Crippen LogP contribution is -2.02. The molecule has 0 bridgehead atoms. The van der Waals surface area contributed by atoms with Crippen LogP contribution in [0.25, 0.3) is 0 Å². The van der Waals surface area contributed by atoms with Crippen LogP contribution in [0, 0.1) is 14.3 Å². The lowest BCUT2D eigenvalue weighted by molar-refractivity contribution is 1.22. The Morgan fingerprint density at radius 1 is 0.643 bits per heavy atom. The van der Waals surface area contributed by atoms with E-state index in [9.17, 15) is 0 Å². The van der Waals surface area contributed by atoms with Crippen LogP contribution in [0.1, 0.15) is 11.1 Å². The highest BCUT2D eigenvalue weighted by molar-refractivity contribution is 14.1. The first-order chi connectivity index (χ1) is 6.54. The van der Waals surface area contributed by atoms with Crippen LogP contribution in [0.3, 0.4) is 0 Å². The van der Waals surface area contributed by atoms with Crippen molar-refractivity contribution in [1.29, 1.82) is 0 Å². The minimum Gasteiger partial charge on any atom is -0.121 e. The van der Waals surface area contributed by atoms with Crippen LogP contribution < -0.4 is 0 Å². The van der Waals surface area contributed by atoms with Crippen LogP contribution in [-0.2, 0) is 11.8 Å². The Balaban J connectivity index is 3.55. The first-order valence-corrected chi connectivity index (χ1v) is 8.88. The van der Waals surface area contributed by atoms with Gasteiger partial charge in [-0.15, -0.1) is 23.2 Å². The quantitative estimate of drug-likeness (QED) is 0.218. The molecule has 14 heavy (non-hydrogen) atoms. The Labute approximate surface area is 148 Å². The van der Waals surface area contributed by atoms with Gasteiger partial charge in [0.15, 0.2) is 0 Å². The second-order valence-corrected chi connectivity index (χ2v) is 7.33. The molecule has 0 nitrogen and oxygen atoms in total. The van der Waals surface area contributed by atoms with Crippen LogP contribution in [0.4, 0.5) is 0 Å². The van der Waals surface area contributed by atoms with E-state index in [0.717, 1.165) is 0 Å². The smallest absolute Gasteiger partial charge is 0.0495 e. The summed E-state index contributed by atoms with van der Waals surface area (Å²) < 4.78 is 4.94. The van der Waals surface area contributed by atoms with Gasteiger partial charge in [-0.25, -0.2) is 0 Å². The minimum absolute atomic E-state index is 0.561. The molecule has 0 heterocycles. The van der Waals surface area contributed by atoms with Crippen LogP contribution in [-0.4, -0.2) is 0 Å². The van der Waals surface area contributed by atoms with Crippen molar-refractivity contribution >= 4 is 114 Å². The van der Waals surface area contributed by atoms with Gasteiger partial charge in [-0.2, -0.15) is 0 Å². The molecular weight excluding hydrogens is 675 g/mol. The van der Waals surface area contributed by atoms with Gasteiger partial charge >= 0.3 is 0 Å². The molecule has 0 aliphatic heterocycles. The van der Waals surface area contributed by atoms with E-state index in [1.54, 1.807) is 0 Å². The Hall–Kier alpha value is 2.72. The molecular formula is C8H4Cl2I4. The third kappa shape index (κ3) is 2.94. The van der Waals surface area contributed by atoms with Crippen molar-refractivity contribution < 1.29 is 0 Å². The topological polar surface area (TPSA) is 0 Å². The van der Waals surface area contributed by atoms with Gasteiger partial charge in [0.05, 0.1) is 0 Å². The van der Waals surface area contributed by atoms with Crippen molar-refractivity contribution in [1.82, 2.24) is 0 Å². The van der Waals surface area contributed by atoms with E-state index in [1.165, 1.54) is 25.4 Å². The lowest BCUT2D eigenvalue weighted by Gasteiger charge is -2.13. The summed E-state index contributed by atoms with van der Waals surface area (Å²) >= 11 is 21.2. The highest BCUT2D eigenvalue weighted by Gasteiger charge is 2.17. The van der Waals surface area contributed by atoms with Crippen molar-refractivity contribution in [3.8, 4) is 0 Å². The monoisotopic (exact) mass is 678 g/mol. The van der Waals surface area contributed by atoms with Crippen LogP contribution in [0.15, 0.2) is 0 Å². The third-order valence-electron chi connectivity index (χ3n) is 1.71. The van der Waals surface area contributed by atoms with Gasteiger partial charge < -0.3 is 0 Å². The summed E-state index contributed by atoms with van der Waals surface area (Å²) in [5.41, 5.74) is 2.44. The molecule has 0 N–H and O–H groups in total. The maximum atomic E-state index is 5.93. The molecule has 0 aromatic heterocycles. The van der Waals surface area contributed by atoms with E-state index in [4.69, 9.17) is 23.2 Å². The van der Waals surface area contributed by atoms with Crippen molar-refractivity contribution in [2.24, 2.45) is 0 Å². The highest BCUT2D eigenvalue weighted by atomic mass is 127. The molecule has 0 fully saturated rings. The second kappa shape index (κ2) is 6.60. The first kappa shape index (κ1) is 14.8. The first-order valence-electron chi connectivity index (χ1n) is 3.50. The van der Waals surface area contributed by atoms with Gasteiger partial charge in [0, 0.05) is 26.0 Å². The van der Waals surface area contributed by atoms with Crippen molar-refractivity contribution in [2.45, 2.75) is 11.8 Å². The van der Waals surface area contributed by atoms with Gasteiger partial charge in [0.25, 0.3) is 0 Å². The largest absolute Gasteiger partial charge is 0.121 e. The summed E-state index contributed by atoms with van der Waals surface area (Å²) in [7, 11) is 0. The maximum absolute atomic E-state index is 5.93. The van der Waals surface area contributed by atoms with Crippen LogP contribution in [0.5, 0.6) is 0 Å². The fraction of sp³-hybridized carbons (Fsp3) is 0.250. The fourth-order valence-corrected chi connectivity index (χ4v) is 6.57. The van der Waals surface area contributed by atoms with Crippen LogP contribution >= 0.6 is 114 Å². The third-order valence-corrected chi connectivity index (χ3v) is 9.07. The number of hydrogen-bond acceptors (Lipinski definition) is 0. The number of alkyl halides is 2. The fourth-order valence-electron chi connectivity index (χ4n) is 0.957. The molecule has 1 rings (SSSR count). The summed E-state index contributed by atoms with van der Waals surface area (Å²) in [5, 5.41) is 0. The van der Waals surface area contributed by atoms with E-state index in [1.807, 2.05) is 0 Å². The summed E-state index contributed by atoms with van der Waals surface area (Å²) in [4.78, 5) is 0. The average molecular weight is 679 g/mol. The van der Waals surface area contributed by atoms with E-state index in [-0.39, 0.29) is 0 Å². The molecule has 0 saturated heterocycles. The molecule has 0 saturated carbocycles. The summed E-state index contributed by atoms with van der Waals surface area (Å²) in [6.07, 6.45) is 0. The molecule has 0 radical (unpaired) electrons. The zero-order chi connectivity index (χ0) is 10.9. The molecule has 0 unspecified atom stereocenters. The Morgan fingerprint density at radius 3 is 1.00 bits per heavy atom. The Kier molecular flexibility index (Phi) is 6.97. The molecule has 0 amide bonds. The number of rotatable bonds is 2. The molecule has 1 aromatic carbocycles. The standard InChI is InChI=1S/C8H4Cl2I4/c9-1-3-5(11)7(13)4(2-10)8(14)6(3)12/h1-2H2. The van der Waals surface area contributed by atoms with Gasteiger partial charge in [-0.3, -0.25) is 0 Å². The SMILES string of the molecule is ClCc1c(I)c(I)c(CCl)c(I)c1I. The molecule has 78 valence electrons. The average Bonchev–Trinajstić information content (AvgIpc) is 2.17. The van der Waals surface area contributed by atoms with Crippen molar-refractivity contribution in [2.75, 3.05) is 0 Å². The lowest BCUT2D eigenvalue weighted by atomic mass is 10.2. The zero-order valence-corrected chi connectivity index (χ0v) is 16.8. The molecule has 1 aromatic rings. The summed E-state index contributed by atoms with van der Waals surface area (Å²) in [5.74, 6) is 1.12. The van der Waals surface area contributed by atoms with Crippen molar-refractivity contribution in [3.63, 3.8) is 0 Å². The highest BCUT2D eigenvalue weighted by Crippen LogP contribution is 2.34. The molecule has 0 aliphatic rings. The summed E-state index contributed by atoms with van der Waals surface area (Å²) in [6.45, 7) is 0. The van der Waals surface area contributed by atoms with E-state index in [2.05, 4.69) is 90.4 Å². The normalized spacial score (nSPS) is 10.7. The zero-order valence-electron chi connectivity index (χ0n) is 6.68. The van der Waals surface area contributed by atoms with Gasteiger partial charge in [-0.05, 0) is 101 Å². The van der Waals surface area contributed by atoms with Gasteiger partial charge in [0.1, 0.15) is 0 Å². The van der Waals surface area contributed by atoms with Gasteiger partial charge in [0.2, 0.25) is 0 Å². The van der Waals surface area contributed by atoms with E-state index >= 15 is 0 Å². The van der Waals surface area contributed by atoms with E-state index in [0.29, 0.717) is 11.8 Å². The molecule has 0 atom stereocenters. The number of benzene rings is 1. The minimum atomic E-state index is 0.561. The van der Waals surface area contributed by atoms with Crippen LogP contribution in [0.2, 0.25) is 0 Å². The van der Waals surface area contributed by atoms with E-state index < -0.39 is 0 Å². The molecule has 6 heteroatoms. The predicted octanol–water partition coefficient (Wildman–Crippen LogP) is 5.58. The number of halogens is 6. The Morgan fingerprint density at radius 2 is 0.857 bits per heavy atom. The summed E-state index contributed by atoms with van der Waals surface area (Å²) in [6, 6.07) is 0. The Bertz CT molecular complexity index is 301. The van der Waals surface area contributed by atoms with Crippen molar-refractivity contribution in [3.05, 3.63) is 25.4 Å². The number of hydrogen-bond donors (Lipinski definition) is 0. The maximum Gasteiger partial charge on any atom is 0.0495 e. The second-order valence-electron chi connectivity index (χ2n) is 2.48.